The lowest BCUT2D eigenvalue weighted by atomic mass is 10.1. The van der Waals surface area contributed by atoms with Crippen molar-refractivity contribution < 1.29 is 42.9 Å². The Balaban J connectivity index is 4.21. The van der Waals surface area contributed by atoms with Gasteiger partial charge in [-0.2, -0.15) is 0 Å². The van der Waals surface area contributed by atoms with Crippen LogP contribution in [-0.2, 0) is 33.3 Å². The highest BCUT2D eigenvalue weighted by Crippen LogP contribution is 2.15. The van der Waals surface area contributed by atoms with Crippen molar-refractivity contribution in [3.63, 3.8) is 0 Å². The average Bonchev–Trinajstić information content (AvgIpc) is 0.965. The second-order valence-electron chi connectivity index (χ2n) is 27.6. The van der Waals surface area contributed by atoms with Gasteiger partial charge in [-0.15, -0.1) is 0 Å². The minimum Gasteiger partial charge on any atom is -0.545 e. The number of ether oxygens (including phenoxy) is 4. The Hall–Kier alpha value is -7.43. The Morgan fingerprint density at radius 1 is 0.280 bits per heavy atom. The highest BCUT2D eigenvalue weighted by Gasteiger charge is 2.22. The molecule has 0 saturated heterocycles. The summed E-state index contributed by atoms with van der Waals surface area (Å²) < 4.78 is 22.8. The van der Waals surface area contributed by atoms with Gasteiger partial charge in [0, 0.05) is 12.8 Å². The zero-order chi connectivity index (χ0) is 77.4. The molecule has 0 aliphatic rings. The van der Waals surface area contributed by atoms with E-state index in [4.69, 9.17) is 18.9 Å². The molecule has 0 aliphatic heterocycles. The van der Waals surface area contributed by atoms with Crippen molar-refractivity contribution in [2.24, 2.45) is 0 Å². The molecular weight excluding hydrogens is 1320 g/mol. The van der Waals surface area contributed by atoms with Gasteiger partial charge in [0.2, 0.25) is 0 Å². The lowest BCUT2D eigenvalue weighted by molar-refractivity contribution is -0.870. The number of unbranched alkanes of at least 4 members (excludes halogenated alkanes) is 14. The normalized spacial score (nSPS) is 14.1. The number of rotatable bonds is 73. The van der Waals surface area contributed by atoms with Crippen molar-refractivity contribution in [3.05, 3.63) is 267 Å². The van der Waals surface area contributed by atoms with E-state index >= 15 is 0 Å². The summed E-state index contributed by atoms with van der Waals surface area (Å²) in [4.78, 5) is 37.6. The topological polar surface area (TPSA) is 111 Å². The highest BCUT2D eigenvalue weighted by molar-refractivity contribution is 5.70. The molecule has 0 N–H and O–H groups in total. The monoisotopic (exact) mass is 1470 g/mol. The van der Waals surface area contributed by atoms with E-state index in [9.17, 15) is 19.5 Å². The van der Waals surface area contributed by atoms with Crippen LogP contribution in [0.15, 0.2) is 267 Å². The number of carbonyl (C=O) groups excluding carboxylic acids is 3. The third-order valence-electron chi connectivity index (χ3n) is 16.5. The van der Waals surface area contributed by atoms with Crippen molar-refractivity contribution in [2.75, 3.05) is 47.5 Å². The Morgan fingerprint density at radius 3 is 0.748 bits per heavy atom. The quantitative estimate of drug-likeness (QED) is 0.0195. The predicted molar refractivity (Wildman–Crippen MR) is 462 cm³/mol. The van der Waals surface area contributed by atoms with Gasteiger partial charge in [-0.05, 0) is 180 Å². The summed E-state index contributed by atoms with van der Waals surface area (Å²) in [5.74, 6) is -2.35. The van der Waals surface area contributed by atoms with Gasteiger partial charge in [0.1, 0.15) is 13.2 Å². The van der Waals surface area contributed by atoms with Crippen LogP contribution in [0.2, 0.25) is 0 Å². The summed E-state index contributed by atoms with van der Waals surface area (Å²) in [7, 11) is 5.91. The first-order valence-electron chi connectivity index (χ1n) is 41.5. The van der Waals surface area contributed by atoms with E-state index in [-0.39, 0.29) is 38.6 Å². The standard InChI is InChI=1S/C98H149NO8/c1-6-8-10-12-14-16-18-20-22-24-26-28-30-32-34-36-38-40-42-44-46-48-50-52-54-56-58-60-62-64-66-68-70-72-74-76-78-80-82-84-86-88-95(100)105-92-94(93-106-98(97(102)103)104-91-90-99(3,4)5)107-96(101)89-87-85-83-81-79-77-75-73-71-69-67-65-63-61-59-57-55-53-51-49-47-45-43-41-39-37-35-33-31-29-27-25-23-21-19-17-15-13-11-9-7-2/h8-11,14-17,20-23,26-29,32-35,38-41,44-47,50-53,56-59,62-65,69,71,75,77,94,98H,6-7,12-13,18-19,24-25,30-31,36-37,42-43,48-49,54-55,60-61,66-68,70,72-74,76,78-93H2,1-5H3/b10-8-,11-9-,16-14-,17-15-,22-20-,23-21-,28-26-,29-27-,34-32-,35-33-,40-38-,41-39-,46-44-,47-45-,52-50-,53-51-,58-56-,59-57-,64-62-,65-63-,71-69-,77-75-. The van der Waals surface area contributed by atoms with Crippen molar-refractivity contribution >= 4 is 17.9 Å². The average molecular weight is 1470 g/mol. The molecule has 107 heavy (non-hydrogen) atoms. The van der Waals surface area contributed by atoms with Crippen LogP contribution in [0.1, 0.15) is 271 Å². The van der Waals surface area contributed by atoms with Gasteiger partial charge in [-0.3, -0.25) is 9.59 Å². The maximum Gasteiger partial charge on any atom is 0.306 e. The van der Waals surface area contributed by atoms with E-state index in [1.165, 1.54) is 38.5 Å². The molecule has 9 heteroatoms. The van der Waals surface area contributed by atoms with Gasteiger partial charge >= 0.3 is 11.9 Å². The Labute approximate surface area is 655 Å². The number of hydrogen-bond donors (Lipinski definition) is 0. The number of hydrogen-bond acceptors (Lipinski definition) is 8. The number of carboxylic acids is 1. The SMILES string of the molecule is CC/C=C\C/C=C\C/C=C\C/C=C\C/C=C\C/C=C\C/C=C\C/C=C\C/C=C\C/C=C\C/C=C\C/C=C\CCCCCCC(=O)OC(COC(=O)CCCCCCCCCCCC/C=C\C/C=C\C/C=C\C/C=C\C/C=C\C/C=C\C/C=C\C/C=C\C/C=C\C/C=C\CC)COC(OCC[N+](C)(C)C)C(=O)[O-]. The van der Waals surface area contributed by atoms with Gasteiger partial charge < -0.3 is 33.3 Å². The number of aliphatic carboxylic acids is 1. The first-order chi connectivity index (χ1) is 52.6. The van der Waals surface area contributed by atoms with Crippen molar-refractivity contribution in [1.82, 2.24) is 0 Å². The number of carbonyl (C=O) groups is 3. The second kappa shape index (κ2) is 84.2. The maximum absolute atomic E-state index is 13.0. The lowest BCUT2D eigenvalue weighted by Crippen LogP contribution is -2.44. The summed E-state index contributed by atoms with van der Waals surface area (Å²) in [5.41, 5.74) is 0. The van der Waals surface area contributed by atoms with Gasteiger partial charge in [0.15, 0.2) is 12.4 Å². The Morgan fingerprint density at radius 2 is 0.505 bits per heavy atom. The molecule has 0 aliphatic carbocycles. The minimum absolute atomic E-state index is 0.128. The van der Waals surface area contributed by atoms with Gasteiger partial charge in [0.05, 0.1) is 40.3 Å². The van der Waals surface area contributed by atoms with Crippen molar-refractivity contribution in [1.29, 1.82) is 0 Å². The highest BCUT2D eigenvalue weighted by atomic mass is 16.7. The third-order valence-corrected chi connectivity index (χ3v) is 16.5. The summed E-state index contributed by atoms with van der Waals surface area (Å²) in [6.45, 7) is 4.45. The fourth-order valence-corrected chi connectivity index (χ4v) is 10.3. The molecule has 2 atom stereocenters. The summed E-state index contributed by atoms with van der Waals surface area (Å²) in [6.07, 6.45) is 135. The number of likely N-dealkylation sites (N-methyl/N-ethyl adjacent to an activating group) is 1. The van der Waals surface area contributed by atoms with E-state index in [0.717, 1.165) is 199 Å². The smallest absolute Gasteiger partial charge is 0.306 e. The number of esters is 2. The molecule has 0 bridgehead atoms. The summed E-state index contributed by atoms with van der Waals surface area (Å²) in [6, 6.07) is 0. The number of nitrogens with zero attached hydrogens (tertiary/aromatic N) is 1. The maximum atomic E-state index is 13.0. The molecule has 0 amide bonds. The Kier molecular flexibility index (Phi) is 78.4. The van der Waals surface area contributed by atoms with E-state index in [2.05, 4.69) is 281 Å². The van der Waals surface area contributed by atoms with Crippen molar-refractivity contribution in [2.45, 2.75) is 283 Å². The van der Waals surface area contributed by atoms with E-state index < -0.39 is 24.3 Å². The fraction of sp³-hybridized carbons (Fsp3) is 0.520. The van der Waals surface area contributed by atoms with E-state index in [0.29, 0.717) is 17.4 Å². The summed E-state index contributed by atoms with van der Waals surface area (Å²) in [5, 5.41) is 11.9. The molecule has 0 heterocycles. The molecule has 2 unspecified atom stereocenters. The fourth-order valence-electron chi connectivity index (χ4n) is 10.3. The first kappa shape index (κ1) is 99.6. The minimum atomic E-state index is -1.65. The van der Waals surface area contributed by atoms with Crippen LogP contribution >= 0.6 is 0 Å². The zero-order valence-corrected chi connectivity index (χ0v) is 67.9. The van der Waals surface area contributed by atoms with Crippen LogP contribution in [0.4, 0.5) is 0 Å². The van der Waals surface area contributed by atoms with Crippen LogP contribution in [0.3, 0.4) is 0 Å². The van der Waals surface area contributed by atoms with Crippen LogP contribution < -0.4 is 5.11 Å². The van der Waals surface area contributed by atoms with Crippen LogP contribution in [0.25, 0.3) is 0 Å². The largest absolute Gasteiger partial charge is 0.545 e. The van der Waals surface area contributed by atoms with E-state index in [1.54, 1.807) is 0 Å². The molecule has 0 spiro atoms. The summed E-state index contributed by atoms with van der Waals surface area (Å²) >= 11 is 0. The molecule has 0 aromatic heterocycles. The molecule has 0 aromatic carbocycles. The van der Waals surface area contributed by atoms with Crippen LogP contribution in [0, 0.1) is 0 Å². The number of carboxylic acid groups (broad SMARTS) is 1. The molecule has 0 rings (SSSR count). The van der Waals surface area contributed by atoms with Crippen LogP contribution in [0.5, 0.6) is 0 Å². The molecule has 0 saturated carbocycles. The van der Waals surface area contributed by atoms with Gasteiger partial charge in [-0.1, -0.05) is 345 Å². The predicted octanol–water partition coefficient (Wildman–Crippen LogP) is 26.1. The molecule has 0 radical (unpaired) electrons. The molecular formula is C98H149NO8. The molecule has 594 valence electrons. The zero-order valence-electron chi connectivity index (χ0n) is 67.9. The molecule has 0 fully saturated rings. The number of allylic oxidation sites excluding steroid dienone is 44. The van der Waals surface area contributed by atoms with Gasteiger partial charge in [-0.25, -0.2) is 0 Å². The Bertz CT molecular complexity index is 2780. The molecule has 9 nitrogen and oxygen atoms in total. The van der Waals surface area contributed by atoms with E-state index in [1.807, 2.05) is 21.1 Å². The number of quaternary nitrogens is 1. The first-order valence-corrected chi connectivity index (χ1v) is 41.5. The second-order valence-corrected chi connectivity index (χ2v) is 27.6. The van der Waals surface area contributed by atoms with Gasteiger partial charge in [0.25, 0.3) is 0 Å². The van der Waals surface area contributed by atoms with Crippen molar-refractivity contribution in [3.8, 4) is 0 Å². The third kappa shape index (κ3) is 85.7. The lowest BCUT2D eigenvalue weighted by Gasteiger charge is -2.26. The van der Waals surface area contributed by atoms with Crippen LogP contribution in [-0.4, -0.2) is 82.3 Å². The molecule has 0 aromatic rings.